The van der Waals surface area contributed by atoms with Gasteiger partial charge in [-0.05, 0) is 38.1 Å². The lowest BCUT2D eigenvalue weighted by Crippen LogP contribution is -2.37. The summed E-state index contributed by atoms with van der Waals surface area (Å²) >= 11 is 0. The number of hydrogen-bond donors (Lipinski definition) is 1. The Morgan fingerprint density at radius 3 is 2.00 bits per heavy atom. The summed E-state index contributed by atoms with van der Waals surface area (Å²) in [5, 5.41) is 8.78. The molecule has 3 nitrogen and oxygen atoms in total. The molecular formula is C11H11F3O3. The van der Waals surface area contributed by atoms with E-state index in [2.05, 4.69) is 0 Å². The summed E-state index contributed by atoms with van der Waals surface area (Å²) in [5.74, 6) is -1.12. The maximum absolute atomic E-state index is 12.3. The third-order valence-electron chi connectivity index (χ3n) is 2.07. The van der Waals surface area contributed by atoms with Gasteiger partial charge in [0.25, 0.3) is 0 Å². The highest BCUT2D eigenvalue weighted by Gasteiger charge is 2.32. The SMILES string of the molecule is CC(C)(Oc1ccc(C(F)(F)F)cc1)C(=O)O. The lowest BCUT2D eigenvalue weighted by molar-refractivity contribution is -0.152. The first-order valence-corrected chi connectivity index (χ1v) is 4.72. The molecule has 0 spiro atoms. The molecule has 0 aliphatic rings. The monoisotopic (exact) mass is 248 g/mol. The molecule has 0 amide bonds. The van der Waals surface area contributed by atoms with Gasteiger partial charge in [-0.15, -0.1) is 0 Å². The van der Waals surface area contributed by atoms with Gasteiger partial charge in [0, 0.05) is 0 Å². The summed E-state index contributed by atoms with van der Waals surface area (Å²) in [6.45, 7) is 2.63. The quantitative estimate of drug-likeness (QED) is 0.894. The van der Waals surface area contributed by atoms with Crippen molar-refractivity contribution in [3.8, 4) is 5.75 Å². The predicted molar refractivity (Wildman–Crippen MR) is 53.8 cm³/mol. The summed E-state index contributed by atoms with van der Waals surface area (Å²) in [5.41, 5.74) is -2.29. The minimum atomic E-state index is -4.42. The lowest BCUT2D eigenvalue weighted by atomic mass is 10.1. The Hall–Kier alpha value is -1.72. The lowest BCUT2D eigenvalue weighted by Gasteiger charge is -2.21. The topological polar surface area (TPSA) is 46.5 Å². The van der Waals surface area contributed by atoms with Crippen molar-refractivity contribution in [1.82, 2.24) is 0 Å². The molecule has 0 atom stereocenters. The van der Waals surface area contributed by atoms with Crippen molar-refractivity contribution < 1.29 is 27.8 Å². The van der Waals surface area contributed by atoms with Crippen LogP contribution < -0.4 is 4.74 Å². The van der Waals surface area contributed by atoms with Crippen molar-refractivity contribution in [2.24, 2.45) is 0 Å². The number of halogens is 3. The first-order chi connectivity index (χ1) is 7.63. The van der Waals surface area contributed by atoms with Crippen LogP contribution in [0.2, 0.25) is 0 Å². The van der Waals surface area contributed by atoms with Crippen molar-refractivity contribution >= 4 is 5.97 Å². The number of carboxylic acids is 1. The Labute approximate surface area is 95.8 Å². The molecule has 94 valence electrons. The van der Waals surface area contributed by atoms with Crippen molar-refractivity contribution in [3.05, 3.63) is 29.8 Å². The second-order valence-electron chi connectivity index (χ2n) is 3.94. The zero-order valence-electron chi connectivity index (χ0n) is 9.21. The van der Waals surface area contributed by atoms with Gasteiger partial charge >= 0.3 is 12.1 Å². The average molecular weight is 248 g/mol. The number of carbonyl (C=O) groups is 1. The van der Waals surface area contributed by atoms with Crippen LogP contribution >= 0.6 is 0 Å². The number of rotatable bonds is 3. The molecule has 0 unspecified atom stereocenters. The minimum Gasteiger partial charge on any atom is -0.478 e. The molecule has 0 heterocycles. The maximum atomic E-state index is 12.3. The number of aliphatic carboxylic acids is 1. The molecule has 0 saturated carbocycles. The normalized spacial score (nSPS) is 12.3. The Balaban J connectivity index is 2.86. The fourth-order valence-electron chi connectivity index (χ4n) is 1.05. The highest BCUT2D eigenvalue weighted by atomic mass is 19.4. The molecule has 1 aromatic carbocycles. The van der Waals surface area contributed by atoms with Gasteiger partial charge in [0.1, 0.15) is 5.75 Å². The Morgan fingerprint density at radius 1 is 1.18 bits per heavy atom. The molecule has 0 aromatic heterocycles. The van der Waals surface area contributed by atoms with Crippen molar-refractivity contribution in [2.45, 2.75) is 25.6 Å². The molecule has 1 rings (SSSR count). The third kappa shape index (κ3) is 3.37. The third-order valence-corrected chi connectivity index (χ3v) is 2.07. The number of benzene rings is 1. The standard InChI is InChI=1S/C11H11F3O3/c1-10(2,9(15)16)17-8-5-3-7(4-6-8)11(12,13)14/h3-6H,1-2H3,(H,15,16). The van der Waals surface area contributed by atoms with E-state index in [1.54, 1.807) is 0 Å². The zero-order valence-corrected chi connectivity index (χ0v) is 9.21. The number of hydrogen-bond acceptors (Lipinski definition) is 2. The second kappa shape index (κ2) is 4.27. The van der Waals surface area contributed by atoms with Crippen molar-refractivity contribution in [2.75, 3.05) is 0 Å². The van der Waals surface area contributed by atoms with Crippen LogP contribution in [0, 0.1) is 0 Å². The maximum Gasteiger partial charge on any atom is 0.416 e. The molecule has 0 saturated heterocycles. The molecule has 1 aromatic rings. The molecule has 17 heavy (non-hydrogen) atoms. The van der Waals surface area contributed by atoms with Crippen molar-refractivity contribution in [1.29, 1.82) is 0 Å². The molecule has 0 radical (unpaired) electrons. The van der Waals surface area contributed by atoms with Gasteiger partial charge in [-0.3, -0.25) is 0 Å². The molecular weight excluding hydrogens is 237 g/mol. The van der Waals surface area contributed by atoms with Gasteiger partial charge in [-0.1, -0.05) is 0 Å². The van der Waals surface area contributed by atoms with Crippen LogP contribution in [0.25, 0.3) is 0 Å². The summed E-state index contributed by atoms with van der Waals surface area (Å²) in [6.07, 6.45) is -4.42. The van der Waals surface area contributed by atoms with Crippen LogP contribution in [-0.2, 0) is 11.0 Å². The van der Waals surface area contributed by atoms with Crippen LogP contribution in [0.3, 0.4) is 0 Å². The Kier molecular flexibility index (Phi) is 3.35. The minimum absolute atomic E-state index is 0.0744. The fourth-order valence-corrected chi connectivity index (χ4v) is 1.05. The van der Waals surface area contributed by atoms with E-state index in [0.29, 0.717) is 0 Å². The highest BCUT2D eigenvalue weighted by molar-refractivity contribution is 5.76. The second-order valence-corrected chi connectivity index (χ2v) is 3.94. The predicted octanol–water partition coefficient (Wildman–Crippen LogP) is 2.95. The summed E-state index contributed by atoms with van der Waals surface area (Å²) in [6, 6.07) is 3.86. The Bertz CT molecular complexity index is 407. The van der Waals surface area contributed by atoms with Gasteiger partial charge < -0.3 is 9.84 Å². The highest BCUT2D eigenvalue weighted by Crippen LogP contribution is 2.30. The number of alkyl halides is 3. The molecule has 6 heteroatoms. The van der Waals surface area contributed by atoms with E-state index < -0.39 is 23.3 Å². The zero-order chi connectivity index (χ0) is 13.3. The molecule has 0 aliphatic heterocycles. The van der Waals surface area contributed by atoms with E-state index >= 15 is 0 Å². The van der Waals surface area contributed by atoms with Crippen LogP contribution in [-0.4, -0.2) is 16.7 Å². The summed E-state index contributed by atoms with van der Waals surface area (Å²) in [7, 11) is 0. The van der Waals surface area contributed by atoms with Gasteiger partial charge in [0.05, 0.1) is 5.56 Å². The molecule has 0 fully saturated rings. The van der Waals surface area contributed by atoms with E-state index in [-0.39, 0.29) is 5.75 Å². The van der Waals surface area contributed by atoms with Crippen LogP contribution in [0.5, 0.6) is 5.75 Å². The Morgan fingerprint density at radius 2 is 1.65 bits per heavy atom. The van der Waals surface area contributed by atoms with Crippen LogP contribution in [0.1, 0.15) is 19.4 Å². The fraction of sp³-hybridized carbons (Fsp3) is 0.364. The summed E-state index contributed by atoms with van der Waals surface area (Å²) in [4.78, 5) is 10.7. The van der Waals surface area contributed by atoms with Gasteiger partial charge in [-0.25, -0.2) is 4.79 Å². The van der Waals surface area contributed by atoms with Gasteiger partial charge in [-0.2, -0.15) is 13.2 Å². The van der Waals surface area contributed by atoms with E-state index in [1.807, 2.05) is 0 Å². The van der Waals surface area contributed by atoms with Crippen LogP contribution in [0.15, 0.2) is 24.3 Å². The van der Waals surface area contributed by atoms with Gasteiger partial charge in [0.2, 0.25) is 0 Å². The largest absolute Gasteiger partial charge is 0.478 e. The van der Waals surface area contributed by atoms with Gasteiger partial charge in [0.15, 0.2) is 5.60 Å². The molecule has 0 aliphatic carbocycles. The smallest absolute Gasteiger partial charge is 0.416 e. The summed E-state index contributed by atoms with van der Waals surface area (Å²) < 4.78 is 41.8. The number of carboxylic acid groups (broad SMARTS) is 1. The van der Waals surface area contributed by atoms with E-state index in [4.69, 9.17) is 9.84 Å². The van der Waals surface area contributed by atoms with E-state index in [1.165, 1.54) is 13.8 Å². The first-order valence-electron chi connectivity index (χ1n) is 4.72. The first kappa shape index (κ1) is 13.3. The van der Waals surface area contributed by atoms with E-state index in [0.717, 1.165) is 24.3 Å². The van der Waals surface area contributed by atoms with Crippen LogP contribution in [0.4, 0.5) is 13.2 Å². The number of ether oxygens (including phenoxy) is 1. The van der Waals surface area contributed by atoms with Crippen molar-refractivity contribution in [3.63, 3.8) is 0 Å². The molecule has 0 bridgehead atoms. The van der Waals surface area contributed by atoms with E-state index in [9.17, 15) is 18.0 Å². The average Bonchev–Trinajstić information content (AvgIpc) is 2.16. The molecule has 1 N–H and O–H groups in total.